The number of hydrogen-bond donors (Lipinski definition) is 4. The van der Waals surface area contributed by atoms with Gasteiger partial charge in [-0.2, -0.15) is 0 Å². The first-order chi connectivity index (χ1) is 31.0. The van der Waals surface area contributed by atoms with Crippen molar-refractivity contribution < 1.29 is 53.0 Å². The quantitative estimate of drug-likeness (QED) is 0.0399. The molecule has 0 aromatic carbocycles. The van der Waals surface area contributed by atoms with Crippen LogP contribution in [0, 0.1) is 11.8 Å². The van der Waals surface area contributed by atoms with Gasteiger partial charge in [-0.15, -0.1) is 0 Å². The van der Waals surface area contributed by atoms with Gasteiger partial charge in [-0.05, 0) is 68.9 Å². The van der Waals surface area contributed by atoms with Gasteiger partial charge in [0, 0.05) is 60.8 Å². The lowest BCUT2D eigenvalue weighted by molar-refractivity contribution is -0.147. The van der Waals surface area contributed by atoms with E-state index in [2.05, 4.69) is 16.0 Å². The molecule has 0 aromatic rings. The van der Waals surface area contributed by atoms with E-state index in [1.165, 1.54) is 82.4 Å². The first-order valence-corrected chi connectivity index (χ1v) is 22.9. The minimum absolute atomic E-state index is 0.0612. The van der Waals surface area contributed by atoms with Crippen molar-refractivity contribution in [1.82, 2.24) is 40.4 Å². The molecule has 1 aliphatic heterocycles. The molecule has 2 unspecified atom stereocenters. The van der Waals surface area contributed by atoms with Gasteiger partial charge in [0.1, 0.15) is 30.5 Å². The number of carbonyl (C=O) groups is 9. The fourth-order valence-electron chi connectivity index (χ4n) is 7.39. The maximum atomic E-state index is 14.5. The smallest absolute Gasteiger partial charge is 0.245 e. The van der Waals surface area contributed by atoms with Crippen molar-refractivity contribution in [2.75, 3.05) is 62.0 Å². The number of piperidine rings is 1. The van der Waals surface area contributed by atoms with Gasteiger partial charge in [-0.25, -0.2) is 0 Å². The van der Waals surface area contributed by atoms with E-state index in [9.17, 15) is 48.3 Å². The first-order valence-electron chi connectivity index (χ1n) is 22.9. The molecular weight excluding hydrogens is 853 g/mol. The van der Waals surface area contributed by atoms with Crippen molar-refractivity contribution >= 4 is 53.5 Å². The number of aldehydes is 1. The first kappa shape index (κ1) is 58.4. The van der Waals surface area contributed by atoms with Gasteiger partial charge in [-0.1, -0.05) is 46.8 Å². The Balaban J connectivity index is 3.64. The summed E-state index contributed by atoms with van der Waals surface area (Å²) in [6.45, 7) is 11.1. The Morgan fingerprint density at radius 3 is 1.83 bits per heavy atom. The Kier molecular flexibility index (Phi) is 26.4. The summed E-state index contributed by atoms with van der Waals surface area (Å²) < 4.78 is 5.13. The lowest BCUT2D eigenvalue weighted by Gasteiger charge is -2.35. The van der Waals surface area contributed by atoms with Crippen LogP contribution in [-0.2, 0) is 47.9 Å². The second kappa shape index (κ2) is 29.8. The normalized spacial score (nSPS) is 15.9. The Labute approximate surface area is 391 Å². The van der Waals surface area contributed by atoms with Crippen molar-refractivity contribution in [2.24, 2.45) is 11.8 Å². The molecule has 4 N–H and O–H groups in total. The Morgan fingerprint density at radius 2 is 1.30 bits per heavy atom. The van der Waals surface area contributed by atoms with Crippen LogP contribution in [0.4, 0.5) is 0 Å². The van der Waals surface area contributed by atoms with Crippen LogP contribution in [-0.4, -0.2) is 181 Å². The van der Waals surface area contributed by atoms with Gasteiger partial charge in [0.15, 0.2) is 0 Å². The summed E-state index contributed by atoms with van der Waals surface area (Å²) in [6.07, 6.45) is 9.24. The number of aliphatic hydroxyl groups excluding tert-OH is 1. The zero-order chi connectivity index (χ0) is 50.3. The Bertz CT molecular complexity index is 1740. The van der Waals surface area contributed by atoms with Crippen molar-refractivity contribution in [2.45, 2.75) is 136 Å². The molecule has 0 spiro atoms. The molecule has 19 heteroatoms. The number of rotatable bonds is 27. The van der Waals surface area contributed by atoms with E-state index in [4.69, 9.17) is 4.74 Å². The molecule has 1 heterocycles. The van der Waals surface area contributed by atoms with Crippen LogP contribution in [0.3, 0.4) is 0 Å². The number of nitrogens with one attached hydrogen (secondary N) is 3. The molecule has 0 saturated carbocycles. The summed E-state index contributed by atoms with van der Waals surface area (Å²) >= 11 is 0. The monoisotopic (exact) mass is 931 g/mol. The topological polar surface area (TPSA) is 235 Å². The molecule has 0 aliphatic carbocycles. The van der Waals surface area contributed by atoms with Crippen molar-refractivity contribution in [3.05, 3.63) is 36.1 Å². The fraction of sp³-hybridized carbons (Fsp3) is 0.681. The maximum Gasteiger partial charge on any atom is 0.245 e. The summed E-state index contributed by atoms with van der Waals surface area (Å²) in [5.41, 5.74) is 0.477. The SMILES string of the molecule is CC[C@@H](C(=O)NC(CC(=O)N(C)[C@@H](CC(C)C)C(=O)N[C@@H](CC(=C/C=C/C(=O)NC)/C=C/OC)C(=O)N(C)[C@H](C=O)CC(C)C)C(=O)N1CCCCC1)N(C)C(=O)CN(C)C(=O)CC(C)O. The molecule has 0 radical (unpaired) electrons. The number of nitrogens with zero attached hydrogens (tertiary/aromatic N) is 5. The van der Waals surface area contributed by atoms with Crippen molar-refractivity contribution in [1.29, 1.82) is 0 Å². The molecule has 1 aliphatic rings. The molecule has 1 saturated heterocycles. The molecule has 0 bridgehead atoms. The average Bonchev–Trinajstić information content (AvgIpc) is 3.27. The Morgan fingerprint density at radius 1 is 0.727 bits per heavy atom. The molecular formula is C47H78N8O11. The van der Waals surface area contributed by atoms with Crippen LogP contribution in [0.2, 0.25) is 0 Å². The highest BCUT2D eigenvalue weighted by atomic mass is 16.5. The van der Waals surface area contributed by atoms with Crippen molar-refractivity contribution in [3.63, 3.8) is 0 Å². The van der Waals surface area contributed by atoms with Gasteiger partial charge < -0.3 is 55.1 Å². The maximum absolute atomic E-state index is 14.5. The van der Waals surface area contributed by atoms with Crippen LogP contribution in [0.1, 0.15) is 99.3 Å². The molecule has 1 fully saturated rings. The van der Waals surface area contributed by atoms with Gasteiger partial charge >= 0.3 is 0 Å². The summed E-state index contributed by atoms with van der Waals surface area (Å²) in [6, 6.07) is -5.67. The highest BCUT2D eigenvalue weighted by molar-refractivity contribution is 5.97. The number of methoxy groups -OCH3 is 1. The minimum atomic E-state index is -1.37. The van der Waals surface area contributed by atoms with E-state index in [1.54, 1.807) is 24.0 Å². The predicted molar refractivity (Wildman–Crippen MR) is 250 cm³/mol. The number of allylic oxidation sites excluding steroid dienone is 3. The lowest BCUT2D eigenvalue weighted by Crippen LogP contribution is -2.58. The molecule has 66 heavy (non-hydrogen) atoms. The number of amides is 8. The number of likely N-dealkylation sites (tertiary alicyclic amines) is 1. The minimum Gasteiger partial charge on any atom is -0.504 e. The zero-order valence-electron chi connectivity index (χ0n) is 41.3. The zero-order valence-corrected chi connectivity index (χ0v) is 41.3. The van der Waals surface area contributed by atoms with Crippen LogP contribution >= 0.6 is 0 Å². The third-order valence-electron chi connectivity index (χ3n) is 11.3. The second-order valence-electron chi connectivity index (χ2n) is 17.8. The highest BCUT2D eigenvalue weighted by Crippen LogP contribution is 2.19. The van der Waals surface area contributed by atoms with E-state index in [0.717, 1.165) is 24.2 Å². The van der Waals surface area contributed by atoms with Gasteiger partial charge in [0.25, 0.3) is 0 Å². The highest BCUT2D eigenvalue weighted by Gasteiger charge is 2.38. The average molecular weight is 931 g/mol. The molecule has 19 nitrogen and oxygen atoms in total. The van der Waals surface area contributed by atoms with Crippen LogP contribution < -0.4 is 16.0 Å². The fourth-order valence-corrected chi connectivity index (χ4v) is 7.39. The molecule has 6 atom stereocenters. The summed E-state index contributed by atoms with van der Waals surface area (Å²) in [5, 5.41) is 17.7. The summed E-state index contributed by atoms with van der Waals surface area (Å²) in [4.78, 5) is 128. The largest absolute Gasteiger partial charge is 0.504 e. The summed E-state index contributed by atoms with van der Waals surface area (Å²) in [5.74, 6) is -4.56. The van der Waals surface area contributed by atoms with Gasteiger partial charge in [0.05, 0.1) is 44.9 Å². The van der Waals surface area contributed by atoms with Gasteiger partial charge in [0.2, 0.25) is 47.3 Å². The van der Waals surface area contributed by atoms with Crippen LogP contribution in [0.5, 0.6) is 0 Å². The molecule has 372 valence electrons. The van der Waals surface area contributed by atoms with Crippen molar-refractivity contribution in [3.8, 4) is 0 Å². The predicted octanol–water partition coefficient (Wildman–Crippen LogP) is 1.55. The van der Waals surface area contributed by atoms with Crippen LogP contribution in [0.25, 0.3) is 0 Å². The lowest BCUT2D eigenvalue weighted by atomic mass is 9.98. The van der Waals surface area contributed by atoms with Gasteiger partial charge in [-0.3, -0.25) is 38.4 Å². The van der Waals surface area contributed by atoms with E-state index < -0.39 is 84.1 Å². The second-order valence-corrected chi connectivity index (χ2v) is 17.8. The number of ether oxygens (including phenoxy) is 1. The van der Waals surface area contributed by atoms with Crippen LogP contribution in [0.15, 0.2) is 36.1 Å². The third-order valence-corrected chi connectivity index (χ3v) is 11.3. The van der Waals surface area contributed by atoms with E-state index >= 15 is 0 Å². The third kappa shape index (κ3) is 19.9. The van der Waals surface area contributed by atoms with E-state index in [0.29, 0.717) is 31.4 Å². The number of carbonyl (C=O) groups excluding carboxylic acids is 9. The molecule has 8 amide bonds. The number of likely N-dealkylation sites (N-methyl/N-ethyl adjacent to an activating group) is 5. The summed E-state index contributed by atoms with van der Waals surface area (Å²) in [7, 11) is 8.63. The number of aliphatic hydroxyl groups is 1. The number of hydrogen-bond acceptors (Lipinski definition) is 11. The Hall–Kier alpha value is -5.59. The van der Waals surface area contributed by atoms with E-state index in [-0.39, 0.29) is 50.0 Å². The molecule has 1 rings (SSSR count). The molecule has 0 aromatic heterocycles. The van der Waals surface area contributed by atoms with E-state index in [1.807, 2.05) is 27.7 Å². The standard InChI is InChI=1S/C47H78N8O11/c1-13-38(53(10)43(61)29-51(8)41(59)26-33(6)57)44(62)50-37(47(65)55-21-15-14-16-22-55)28-42(60)54(11)39(25-32(4)5)45(63)49-36(46(64)52(9)35(30-56)24-31(2)3)27-34(20-23-66-12)18-17-19-40(58)48-7/h17-20,23,30-33,35-39,57H,13-16,21-22,24-29H2,1-12H3,(H,48,58)(H,49,63)(H,50,62)/b19-17+,23-20+,34-18+/t33?,35-,36-,37?,38-,39-/m0/s1.